The summed E-state index contributed by atoms with van der Waals surface area (Å²) in [6, 6.07) is 5.39. The molecule has 0 aliphatic rings. The van der Waals surface area contributed by atoms with Crippen molar-refractivity contribution >= 4 is 22.6 Å². The first kappa shape index (κ1) is 17.8. The number of benzene rings is 1. The maximum atomic E-state index is 12.9. The van der Waals surface area contributed by atoms with Crippen LogP contribution in [0.2, 0.25) is 0 Å². The highest BCUT2D eigenvalue weighted by Gasteiger charge is 2.30. The fourth-order valence-corrected chi connectivity index (χ4v) is 2.67. The molecular weight excluding hydrogens is 424 g/mol. The van der Waals surface area contributed by atoms with E-state index in [-0.39, 0.29) is 17.4 Å². The average Bonchev–Trinajstić information content (AvgIpc) is 2.45. The van der Waals surface area contributed by atoms with E-state index in [0.29, 0.717) is 4.43 Å². The number of nitrogens with zero attached hydrogens (tertiary/aromatic N) is 2. The quantitative estimate of drug-likeness (QED) is 0.546. The second-order valence-electron chi connectivity index (χ2n) is 5.16. The van der Waals surface area contributed by atoms with Crippen LogP contribution in [0.25, 0.3) is 5.69 Å². The maximum absolute atomic E-state index is 12.9. The summed E-state index contributed by atoms with van der Waals surface area (Å²) in [5.74, 6) is 0. The van der Waals surface area contributed by atoms with Gasteiger partial charge in [0.05, 0.1) is 11.3 Å². The molecule has 1 atom stereocenters. The third-order valence-electron chi connectivity index (χ3n) is 3.42. The Hall–Kier alpha value is -1.58. The summed E-state index contributed by atoms with van der Waals surface area (Å²) in [6.07, 6.45) is -4.50. The minimum atomic E-state index is -4.50. The molecule has 4 nitrogen and oxygen atoms in total. The van der Waals surface area contributed by atoms with Crippen LogP contribution in [0, 0.1) is 6.92 Å². The van der Waals surface area contributed by atoms with E-state index in [9.17, 15) is 22.8 Å². The molecule has 0 spiro atoms. The monoisotopic (exact) mass is 438 g/mol. The van der Waals surface area contributed by atoms with Gasteiger partial charge in [-0.25, -0.2) is 4.79 Å². The largest absolute Gasteiger partial charge is 0.416 e. The third kappa shape index (κ3) is 3.51. The molecule has 2 rings (SSSR count). The topological polar surface area (TPSA) is 44.0 Å². The molecule has 2 aromatic rings. The van der Waals surface area contributed by atoms with Crippen molar-refractivity contribution < 1.29 is 13.2 Å². The highest BCUT2D eigenvalue weighted by atomic mass is 127. The lowest BCUT2D eigenvalue weighted by Gasteiger charge is -2.17. The second-order valence-corrected chi connectivity index (χ2v) is 6.04. The number of alkyl halides is 4. The Labute approximate surface area is 143 Å². The Morgan fingerprint density at radius 3 is 2.43 bits per heavy atom. The molecule has 0 bridgehead atoms. The molecule has 124 valence electrons. The summed E-state index contributed by atoms with van der Waals surface area (Å²) in [7, 11) is 0. The number of aromatic nitrogens is 2. The highest BCUT2D eigenvalue weighted by Crippen LogP contribution is 2.30. The zero-order valence-electron chi connectivity index (χ0n) is 12.4. The molecule has 8 heteroatoms. The molecule has 1 heterocycles. The van der Waals surface area contributed by atoms with E-state index in [2.05, 4.69) is 0 Å². The predicted octanol–water partition coefficient (Wildman–Crippen LogP) is 3.32. The molecule has 0 radical (unpaired) electrons. The highest BCUT2D eigenvalue weighted by molar-refractivity contribution is 14.1. The van der Waals surface area contributed by atoms with Gasteiger partial charge in [-0.05, 0) is 32.0 Å². The molecule has 1 aromatic heterocycles. The van der Waals surface area contributed by atoms with Crippen LogP contribution in [-0.2, 0) is 6.18 Å². The minimum Gasteiger partial charge on any atom is -0.269 e. The van der Waals surface area contributed by atoms with Crippen molar-refractivity contribution in [2.24, 2.45) is 0 Å². The predicted molar refractivity (Wildman–Crippen MR) is 89.6 cm³/mol. The molecule has 1 unspecified atom stereocenters. The fourth-order valence-electron chi connectivity index (χ4n) is 2.28. The molecule has 23 heavy (non-hydrogen) atoms. The van der Waals surface area contributed by atoms with Gasteiger partial charge in [-0.2, -0.15) is 13.2 Å². The van der Waals surface area contributed by atoms with Crippen LogP contribution in [-0.4, -0.2) is 13.6 Å². The van der Waals surface area contributed by atoms with Crippen LogP contribution < -0.4 is 11.2 Å². The number of hydrogen-bond donors (Lipinski definition) is 0. The fraction of sp³-hybridized carbons (Fsp3) is 0.333. The lowest BCUT2D eigenvalue weighted by Crippen LogP contribution is -2.42. The van der Waals surface area contributed by atoms with E-state index in [0.717, 1.165) is 21.3 Å². The molecule has 0 amide bonds. The molecule has 0 saturated carbocycles. The zero-order valence-corrected chi connectivity index (χ0v) is 14.6. The van der Waals surface area contributed by atoms with E-state index in [4.69, 9.17) is 0 Å². The first-order valence-corrected chi connectivity index (χ1v) is 8.28. The van der Waals surface area contributed by atoms with Gasteiger partial charge >= 0.3 is 11.9 Å². The van der Waals surface area contributed by atoms with Gasteiger partial charge in [0.15, 0.2) is 0 Å². The van der Waals surface area contributed by atoms with Crippen LogP contribution in [0.15, 0.2) is 39.9 Å². The van der Waals surface area contributed by atoms with E-state index in [1.807, 2.05) is 22.6 Å². The standard InChI is InChI=1S/C15H14F3IN2O2/c1-9-6-13(22)21(10(2)8-19)14(23)20(9)12-5-3-4-11(7-12)15(16,17)18/h3-7,10H,8H2,1-2H3. The number of aryl methyl sites for hydroxylation is 1. The van der Waals surface area contributed by atoms with Crippen LogP contribution >= 0.6 is 22.6 Å². The molecule has 0 saturated heterocycles. The minimum absolute atomic E-state index is 0.0803. The SMILES string of the molecule is Cc1cc(=O)n(C(C)CI)c(=O)n1-c1cccc(C(F)(F)F)c1. The van der Waals surface area contributed by atoms with Crippen molar-refractivity contribution in [2.75, 3.05) is 4.43 Å². The summed E-state index contributed by atoms with van der Waals surface area (Å²) >= 11 is 2.04. The Balaban J connectivity index is 2.75. The average molecular weight is 438 g/mol. The lowest BCUT2D eigenvalue weighted by atomic mass is 10.2. The van der Waals surface area contributed by atoms with E-state index >= 15 is 0 Å². The first-order valence-electron chi connectivity index (χ1n) is 6.75. The Morgan fingerprint density at radius 1 is 1.22 bits per heavy atom. The first-order chi connectivity index (χ1) is 10.7. The molecule has 0 aliphatic carbocycles. The molecule has 0 N–H and O–H groups in total. The summed E-state index contributed by atoms with van der Waals surface area (Å²) in [5.41, 5.74) is -1.58. The van der Waals surface area contributed by atoms with Gasteiger partial charge in [0.25, 0.3) is 5.56 Å². The number of hydrogen-bond acceptors (Lipinski definition) is 2. The van der Waals surface area contributed by atoms with Gasteiger partial charge in [-0.3, -0.25) is 13.9 Å². The zero-order chi connectivity index (χ0) is 17.4. The Kier molecular flexibility index (Phi) is 5.02. The van der Waals surface area contributed by atoms with E-state index in [1.54, 1.807) is 6.92 Å². The summed E-state index contributed by atoms with van der Waals surface area (Å²) in [5, 5.41) is 0. The van der Waals surface area contributed by atoms with Gasteiger partial charge in [-0.1, -0.05) is 28.7 Å². The van der Waals surface area contributed by atoms with Gasteiger partial charge in [0.1, 0.15) is 0 Å². The Morgan fingerprint density at radius 2 is 1.87 bits per heavy atom. The van der Waals surface area contributed by atoms with Gasteiger partial charge in [-0.15, -0.1) is 0 Å². The number of halogens is 4. The Bertz CT molecular complexity index is 840. The maximum Gasteiger partial charge on any atom is 0.416 e. The molecule has 0 aliphatic heterocycles. The van der Waals surface area contributed by atoms with Crippen LogP contribution in [0.5, 0.6) is 0 Å². The van der Waals surface area contributed by atoms with Gasteiger partial charge in [0.2, 0.25) is 0 Å². The molecule has 0 fully saturated rings. The lowest BCUT2D eigenvalue weighted by molar-refractivity contribution is -0.137. The molecule has 1 aromatic carbocycles. The van der Waals surface area contributed by atoms with E-state index in [1.165, 1.54) is 25.1 Å². The molecular formula is C15H14F3IN2O2. The third-order valence-corrected chi connectivity index (χ3v) is 4.69. The second kappa shape index (κ2) is 6.50. The van der Waals surface area contributed by atoms with Crippen molar-refractivity contribution in [3.05, 3.63) is 62.4 Å². The van der Waals surface area contributed by atoms with Crippen molar-refractivity contribution in [2.45, 2.75) is 26.1 Å². The van der Waals surface area contributed by atoms with Crippen LogP contribution in [0.4, 0.5) is 13.2 Å². The number of rotatable bonds is 3. The summed E-state index contributed by atoms with van der Waals surface area (Å²) in [4.78, 5) is 24.7. The van der Waals surface area contributed by atoms with Crippen molar-refractivity contribution in [3.8, 4) is 5.69 Å². The van der Waals surface area contributed by atoms with E-state index < -0.39 is 23.0 Å². The smallest absolute Gasteiger partial charge is 0.269 e. The van der Waals surface area contributed by atoms with Gasteiger partial charge in [0, 0.05) is 22.2 Å². The van der Waals surface area contributed by atoms with Crippen molar-refractivity contribution in [1.82, 2.24) is 9.13 Å². The van der Waals surface area contributed by atoms with Crippen LogP contribution in [0.3, 0.4) is 0 Å². The normalized spacial score (nSPS) is 13.1. The van der Waals surface area contributed by atoms with Gasteiger partial charge < -0.3 is 0 Å². The summed E-state index contributed by atoms with van der Waals surface area (Å²) in [6.45, 7) is 3.23. The van der Waals surface area contributed by atoms with Crippen molar-refractivity contribution in [3.63, 3.8) is 0 Å². The summed E-state index contributed by atoms with van der Waals surface area (Å²) < 4.78 is 41.3. The van der Waals surface area contributed by atoms with Crippen LogP contribution in [0.1, 0.15) is 24.2 Å². The van der Waals surface area contributed by atoms with Crippen molar-refractivity contribution in [1.29, 1.82) is 0 Å².